The molecule has 130 valence electrons. The zero-order chi connectivity index (χ0) is 16.8. The Morgan fingerprint density at radius 1 is 1.26 bits per heavy atom. The molecule has 1 heterocycles. The summed E-state index contributed by atoms with van der Waals surface area (Å²) in [4.78, 5) is 16.1. The second-order valence-electron chi connectivity index (χ2n) is 5.04. The second kappa shape index (κ2) is 12.9. The topological polar surface area (TPSA) is 78.7 Å². The molecule has 1 aromatic heterocycles. The van der Waals surface area contributed by atoms with Gasteiger partial charge in [0.1, 0.15) is 12.3 Å². The number of carbonyl (C=O) groups is 1. The zero-order valence-corrected chi connectivity index (χ0v) is 14.9. The number of carbonyl (C=O) groups excluding carboxylic acids is 1. The van der Waals surface area contributed by atoms with Crippen LogP contribution in [0, 0.1) is 0 Å². The van der Waals surface area contributed by atoms with Gasteiger partial charge in [0.2, 0.25) is 5.91 Å². The van der Waals surface area contributed by atoms with Crippen molar-refractivity contribution in [2.24, 2.45) is 4.99 Å². The fraction of sp³-hybridized carbons (Fsp3) is 0.625. The Bertz CT molecular complexity index is 449. The first-order chi connectivity index (χ1) is 11.3. The maximum atomic E-state index is 11.6. The van der Waals surface area contributed by atoms with Crippen molar-refractivity contribution in [3.8, 4) is 0 Å². The van der Waals surface area contributed by atoms with Gasteiger partial charge in [0, 0.05) is 26.1 Å². The van der Waals surface area contributed by atoms with Crippen LogP contribution in [0.25, 0.3) is 0 Å². The Morgan fingerprint density at radius 3 is 2.78 bits per heavy atom. The third kappa shape index (κ3) is 9.89. The lowest BCUT2D eigenvalue weighted by molar-refractivity contribution is -0.120. The first kappa shape index (κ1) is 19.4. The summed E-state index contributed by atoms with van der Waals surface area (Å²) < 4.78 is 5.28. The quantitative estimate of drug-likeness (QED) is 0.326. The van der Waals surface area contributed by atoms with E-state index in [0.29, 0.717) is 25.5 Å². The van der Waals surface area contributed by atoms with Crippen LogP contribution >= 0.6 is 11.8 Å². The smallest absolute Gasteiger partial charge is 0.221 e. The average Bonchev–Trinajstić information content (AvgIpc) is 3.07. The summed E-state index contributed by atoms with van der Waals surface area (Å²) in [5.41, 5.74) is 0. The van der Waals surface area contributed by atoms with Gasteiger partial charge in [0.05, 0.1) is 6.26 Å². The molecule has 0 unspecified atom stereocenters. The molecule has 0 atom stereocenters. The predicted molar refractivity (Wildman–Crippen MR) is 96.8 cm³/mol. The van der Waals surface area contributed by atoms with E-state index >= 15 is 0 Å². The molecule has 0 aliphatic heterocycles. The van der Waals surface area contributed by atoms with E-state index in [1.165, 1.54) is 0 Å². The summed E-state index contributed by atoms with van der Waals surface area (Å²) in [6.07, 6.45) is 6.19. The Kier molecular flexibility index (Phi) is 10.9. The Balaban J connectivity index is 2.36. The van der Waals surface area contributed by atoms with Crippen molar-refractivity contribution >= 4 is 23.6 Å². The first-order valence-electron chi connectivity index (χ1n) is 8.06. The number of rotatable bonds is 11. The summed E-state index contributed by atoms with van der Waals surface area (Å²) in [5, 5.41) is 9.35. The Labute approximate surface area is 142 Å². The maximum absolute atomic E-state index is 11.6. The van der Waals surface area contributed by atoms with E-state index in [1.54, 1.807) is 6.26 Å². The first-order valence-corrected chi connectivity index (χ1v) is 9.45. The number of aliphatic imine (C=N–C) groups is 1. The average molecular weight is 340 g/mol. The number of nitrogens with one attached hydrogen (secondary N) is 3. The van der Waals surface area contributed by atoms with E-state index in [2.05, 4.69) is 27.2 Å². The minimum Gasteiger partial charge on any atom is -0.467 e. The molecule has 0 fully saturated rings. The van der Waals surface area contributed by atoms with Crippen LogP contribution in [-0.2, 0) is 11.3 Å². The Hall–Kier alpha value is -1.63. The largest absolute Gasteiger partial charge is 0.467 e. The number of thioether (sulfide) groups is 1. The van der Waals surface area contributed by atoms with Crippen LogP contribution in [0.2, 0.25) is 0 Å². The summed E-state index contributed by atoms with van der Waals surface area (Å²) in [5.74, 6) is 2.70. The van der Waals surface area contributed by atoms with Gasteiger partial charge in [-0.2, -0.15) is 11.8 Å². The standard InChI is InChI=1S/C16H28N4O2S/c1-3-8-17-15(21)7-10-19-16(18-9-5-12-23-2)20-13-14-6-4-11-22-14/h4,6,11H,3,5,7-10,12-13H2,1-2H3,(H,17,21)(H2,18,19,20). The maximum Gasteiger partial charge on any atom is 0.221 e. The van der Waals surface area contributed by atoms with Crippen LogP contribution in [0.15, 0.2) is 27.8 Å². The molecule has 1 rings (SSSR count). The highest BCUT2D eigenvalue weighted by Crippen LogP contribution is 2.01. The molecule has 0 spiro atoms. The van der Waals surface area contributed by atoms with Crippen LogP contribution in [0.5, 0.6) is 0 Å². The fourth-order valence-corrected chi connectivity index (χ4v) is 2.24. The molecule has 0 bridgehead atoms. The van der Waals surface area contributed by atoms with Crippen molar-refractivity contribution in [1.29, 1.82) is 0 Å². The normalized spacial score (nSPS) is 11.3. The minimum absolute atomic E-state index is 0.0621. The third-order valence-electron chi connectivity index (χ3n) is 3.01. The van der Waals surface area contributed by atoms with Crippen molar-refractivity contribution in [3.05, 3.63) is 24.2 Å². The molecule has 23 heavy (non-hydrogen) atoms. The molecule has 1 aromatic rings. The van der Waals surface area contributed by atoms with Gasteiger partial charge in [0.25, 0.3) is 0 Å². The molecule has 0 saturated heterocycles. The number of furan rings is 1. The third-order valence-corrected chi connectivity index (χ3v) is 3.70. The van der Waals surface area contributed by atoms with Crippen LogP contribution in [0.3, 0.4) is 0 Å². The van der Waals surface area contributed by atoms with E-state index in [0.717, 1.165) is 37.4 Å². The number of hydrogen-bond donors (Lipinski definition) is 3. The van der Waals surface area contributed by atoms with Gasteiger partial charge in [-0.1, -0.05) is 6.92 Å². The molecule has 0 aliphatic rings. The lowest BCUT2D eigenvalue weighted by Gasteiger charge is -2.12. The lowest BCUT2D eigenvalue weighted by Crippen LogP contribution is -2.40. The summed E-state index contributed by atoms with van der Waals surface area (Å²) in [6, 6.07) is 3.74. The molecular formula is C16H28N4O2S. The highest BCUT2D eigenvalue weighted by molar-refractivity contribution is 7.98. The molecular weight excluding hydrogens is 312 g/mol. The second-order valence-corrected chi connectivity index (χ2v) is 6.03. The van der Waals surface area contributed by atoms with Crippen LogP contribution in [-0.4, -0.2) is 43.5 Å². The van der Waals surface area contributed by atoms with Gasteiger partial charge in [-0.3, -0.25) is 4.79 Å². The van der Waals surface area contributed by atoms with Crippen LogP contribution in [0.1, 0.15) is 31.9 Å². The molecule has 0 aromatic carbocycles. The van der Waals surface area contributed by atoms with Gasteiger partial charge in [-0.25, -0.2) is 4.99 Å². The number of nitrogens with zero attached hydrogens (tertiary/aromatic N) is 1. The van der Waals surface area contributed by atoms with E-state index < -0.39 is 0 Å². The van der Waals surface area contributed by atoms with E-state index in [9.17, 15) is 4.79 Å². The van der Waals surface area contributed by atoms with Crippen LogP contribution < -0.4 is 16.0 Å². The van der Waals surface area contributed by atoms with Gasteiger partial charge in [0.15, 0.2) is 5.96 Å². The van der Waals surface area contributed by atoms with E-state index in [1.807, 2.05) is 30.8 Å². The molecule has 7 heteroatoms. The molecule has 0 aliphatic carbocycles. The van der Waals surface area contributed by atoms with Crippen molar-refractivity contribution in [3.63, 3.8) is 0 Å². The van der Waals surface area contributed by atoms with Gasteiger partial charge in [-0.15, -0.1) is 0 Å². The van der Waals surface area contributed by atoms with Gasteiger partial charge in [-0.05, 0) is 37.0 Å². The fourth-order valence-electron chi connectivity index (χ4n) is 1.80. The Morgan fingerprint density at radius 2 is 2.09 bits per heavy atom. The van der Waals surface area contributed by atoms with Crippen molar-refractivity contribution in [1.82, 2.24) is 16.0 Å². The van der Waals surface area contributed by atoms with E-state index in [-0.39, 0.29) is 5.91 Å². The highest BCUT2D eigenvalue weighted by Gasteiger charge is 2.03. The highest BCUT2D eigenvalue weighted by atomic mass is 32.2. The number of guanidine groups is 1. The van der Waals surface area contributed by atoms with Gasteiger partial charge < -0.3 is 20.4 Å². The number of amides is 1. The summed E-state index contributed by atoms with van der Waals surface area (Å²) in [7, 11) is 0. The molecule has 0 saturated carbocycles. The monoisotopic (exact) mass is 340 g/mol. The SMILES string of the molecule is CCCNC(=O)CCNC(=NCc1ccco1)NCCCSC. The minimum atomic E-state index is 0.0621. The molecule has 1 amide bonds. The molecule has 0 radical (unpaired) electrons. The number of hydrogen-bond acceptors (Lipinski definition) is 4. The lowest BCUT2D eigenvalue weighted by atomic mass is 10.3. The van der Waals surface area contributed by atoms with Crippen molar-refractivity contribution in [2.75, 3.05) is 31.6 Å². The predicted octanol–water partition coefficient (Wildman–Crippen LogP) is 1.98. The summed E-state index contributed by atoms with van der Waals surface area (Å²) in [6.45, 7) is 4.66. The zero-order valence-electron chi connectivity index (χ0n) is 14.1. The van der Waals surface area contributed by atoms with Crippen molar-refractivity contribution < 1.29 is 9.21 Å². The van der Waals surface area contributed by atoms with E-state index in [4.69, 9.17) is 4.42 Å². The van der Waals surface area contributed by atoms with Crippen LogP contribution in [0.4, 0.5) is 0 Å². The molecule has 3 N–H and O–H groups in total. The van der Waals surface area contributed by atoms with Crippen molar-refractivity contribution in [2.45, 2.75) is 32.7 Å². The summed E-state index contributed by atoms with van der Waals surface area (Å²) >= 11 is 1.83. The van der Waals surface area contributed by atoms with Gasteiger partial charge >= 0.3 is 0 Å². The molecule has 6 nitrogen and oxygen atoms in total.